The topological polar surface area (TPSA) is 42.4 Å². The van der Waals surface area contributed by atoms with Gasteiger partial charge in [-0.1, -0.05) is 20.8 Å². The van der Waals surface area contributed by atoms with Crippen molar-refractivity contribution in [2.45, 2.75) is 34.1 Å². The Labute approximate surface area is 113 Å². The smallest absolute Gasteiger partial charge is 0.311 e. The van der Waals surface area contributed by atoms with E-state index in [0.717, 1.165) is 17.4 Å². The standard InChI is InChI=1S/C13H22N2O2S/c1-6-17-11(16)7-10-8-18-12(14-10)15(5)9-13(2,3)4/h8H,6-7,9H2,1-5H3. The summed E-state index contributed by atoms with van der Waals surface area (Å²) in [6.45, 7) is 9.73. The van der Waals surface area contributed by atoms with Gasteiger partial charge < -0.3 is 9.64 Å². The van der Waals surface area contributed by atoms with Crippen molar-refractivity contribution in [3.05, 3.63) is 11.1 Å². The first kappa shape index (κ1) is 15.0. The summed E-state index contributed by atoms with van der Waals surface area (Å²) in [5, 5.41) is 2.87. The largest absolute Gasteiger partial charge is 0.466 e. The van der Waals surface area contributed by atoms with E-state index >= 15 is 0 Å². The monoisotopic (exact) mass is 270 g/mol. The summed E-state index contributed by atoms with van der Waals surface area (Å²) >= 11 is 1.57. The zero-order valence-corrected chi connectivity index (χ0v) is 12.6. The minimum atomic E-state index is -0.215. The zero-order valence-electron chi connectivity index (χ0n) is 11.8. The van der Waals surface area contributed by atoms with Gasteiger partial charge in [0.1, 0.15) is 0 Å². The molecule has 0 saturated heterocycles. The van der Waals surface area contributed by atoms with E-state index < -0.39 is 0 Å². The fourth-order valence-corrected chi connectivity index (χ4v) is 2.48. The third-order valence-corrected chi connectivity index (χ3v) is 3.21. The van der Waals surface area contributed by atoms with Gasteiger partial charge in [-0.05, 0) is 12.3 Å². The number of esters is 1. The van der Waals surface area contributed by atoms with E-state index in [4.69, 9.17) is 4.74 Å². The SMILES string of the molecule is CCOC(=O)Cc1csc(N(C)CC(C)(C)C)n1. The molecule has 0 aliphatic carbocycles. The van der Waals surface area contributed by atoms with Gasteiger partial charge in [0.05, 0.1) is 18.7 Å². The Morgan fingerprint density at radius 2 is 2.17 bits per heavy atom. The van der Waals surface area contributed by atoms with Crippen LogP contribution < -0.4 is 4.90 Å². The number of hydrogen-bond acceptors (Lipinski definition) is 5. The molecule has 102 valence electrons. The maximum atomic E-state index is 11.3. The van der Waals surface area contributed by atoms with Crippen LogP contribution >= 0.6 is 11.3 Å². The molecule has 0 fully saturated rings. The van der Waals surface area contributed by atoms with E-state index in [2.05, 4.69) is 30.7 Å². The van der Waals surface area contributed by atoms with Gasteiger partial charge in [0.25, 0.3) is 0 Å². The van der Waals surface area contributed by atoms with Gasteiger partial charge in [-0.15, -0.1) is 11.3 Å². The van der Waals surface area contributed by atoms with Crippen LogP contribution in [0.5, 0.6) is 0 Å². The van der Waals surface area contributed by atoms with Crippen molar-refractivity contribution in [3.63, 3.8) is 0 Å². The van der Waals surface area contributed by atoms with Crippen LogP contribution in [0.3, 0.4) is 0 Å². The number of hydrogen-bond donors (Lipinski definition) is 0. The molecule has 5 heteroatoms. The highest BCUT2D eigenvalue weighted by atomic mass is 32.1. The van der Waals surface area contributed by atoms with Crippen LogP contribution in [-0.2, 0) is 16.0 Å². The number of carbonyl (C=O) groups is 1. The first-order valence-corrected chi connectivity index (χ1v) is 7.01. The van der Waals surface area contributed by atoms with E-state index in [1.807, 2.05) is 19.4 Å². The van der Waals surface area contributed by atoms with Crippen LogP contribution in [0.15, 0.2) is 5.38 Å². The molecule has 0 saturated carbocycles. The van der Waals surface area contributed by atoms with E-state index in [1.165, 1.54) is 0 Å². The Kier molecular flexibility index (Phi) is 5.14. The fraction of sp³-hybridized carbons (Fsp3) is 0.692. The van der Waals surface area contributed by atoms with Gasteiger partial charge in [0.15, 0.2) is 5.13 Å². The van der Waals surface area contributed by atoms with Crippen molar-refractivity contribution in [1.82, 2.24) is 4.98 Å². The predicted octanol–water partition coefficient (Wildman–Crippen LogP) is 2.73. The second kappa shape index (κ2) is 6.18. The molecular formula is C13H22N2O2S. The third kappa shape index (κ3) is 5.04. The van der Waals surface area contributed by atoms with Gasteiger partial charge in [0.2, 0.25) is 0 Å². The molecule has 0 amide bonds. The molecule has 1 heterocycles. The summed E-state index contributed by atoms with van der Waals surface area (Å²) < 4.78 is 4.91. The number of nitrogens with zero attached hydrogens (tertiary/aromatic N) is 2. The zero-order chi connectivity index (χ0) is 13.8. The third-order valence-electron chi connectivity index (χ3n) is 2.21. The summed E-state index contributed by atoms with van der Waals surface area (Å²) in [6.07, 6.45) is 0.258. The van der Waals surface area contributed by atoms with E-state index in [-0.39, 0.29) is 17.8 Å². The molecule has 0 aliphatic rings. The molecule has 0 atom stereocenters. The second-order valence-electron chi connectivity index (χ2n) is 5.52. The van der Waals surface area contributed by atoms with E-state index in [0.29, 0.717) is 6.61 Å². The van der Waals surface area contributed by atoms with Crippen LogP contribution in [0.1, 0.15) is 33.4 Å². The highest BCUT2D eigenvalue weighted by Crippen LogP contribution is 2.23. The summed E-state index contributed by atoms with van der Waals surface area (Å²) in [7, 11) is 2.03. The van der Waals surface area contributed by atoms with Gasteiger partial charge >= 0.3 is 5.97 Å². The molecule has 0 aliphatic heterocycles. The summed E-state index contributed by atoms with van der Waals surface area (Å²) in [5.74, 6) is -0.215. The maximum Gasteiger partial charge on any atom is 0.311 e. The average Bonchev–Trinajstić information content (AvgIpc) is 2.63. The molecule has 4 nitrogen and oxygen atoms in total. The maximum absolute atomic E-state index is 11.3. The number of carbonyl (C=O) groups excluding carboxylic acids is 1. The molecule has 1 rings (SSSR count). The first-order chi connectivity index (χ1) is 8.31. The quantitative estimate of drug-likeness (QED) is 0.772. The van der Waals surface area contributed by atoms with Gasteiger partial charge in [0, 0.05) is 19.0 Å². The molecule has 18 heavy (non-hydrogen) atoms. The molecule has 0 aromatic carbocycles. The lowest BCUT2D eigenvalue weighted by Crippen LogP contribution is -2.29. The highest BCUT2D eigenvalue weighted by Gasteiger charge is 2.16. The lowest BCUT2D eigenvalue weighted by atomic mass is 9.96. The van der Waals surface area contributed by atoms with Crippen LogP contribution in [0.25, 0.3) is 0 Å². The molecule has 1 aromatic heterocycles. The number of ether oxygens (including phenoxy) is 1. The predicted molar refractivity (Wildman–Crippen MR) is 75.2 cm³/mol. The van der Waals surface area contributed by atoms with Gasteiger partial charge in [-0.2, -0.15) is 0 Å². The normalized spacial score (nSPS) is 11.4. The highest BCUT2D eigenvalue weighted by molar-refractivity contribution is 7.13. The minimum Gasteiger partial charge on any atom is -0.466 e. The van der Waals surface area contributed by atoms with Crippen molar-refractivity contribution < 1.29 is 9.53 Å². The second-order valence-corrected chi connectivity index (χ2v) is 6.36. The van der Waals surface area contributed by atoms with Gasteiger partial charge in [-0.25, -0.2) is 4.98 Å². The number of aromatic nitrogens is 1. The Morgan fingerprint density at radius 3 is 2.72 bits per heavy atom. The molecule has 0 spiro atoms. The lowest BCUT2D eigenvalue weighted by molar-refractivity contribution is -0.142. The van der Waals surface area contributed by atoms with Crippen LogP contribution in [0.2, 0.25) is 0 Å². The van der Waals surface area contributed by atoms with Crippen LogP contribution in [0, 0.1) is 5.41 Å². The Hall–Kier alpha value is -1.10. The van der Waals surface area contributed by atoms with Crippen molar-refractivity contribution in [1.29, 1.82) is 0 Å². The molecule has 0 unspecified atom stereocenters. The number of anilines is 1. The van der Waals surface area contributed by atoms with Gasteiger partial charge in [-0.3, -0.25) is 4.79 Å². The minimum absolute atomic E-state index is 0.215. The summed E-state index contributed by atoms with van der Waals surface area (Å²) in [6, 6.07) is 0. The first-order valence-electron chi connectivity index (χ1n) is 6.13. The summed E-state index contributed by atoms with van der Waals surface area (Å²) in [4.78, 5) is 17.9. The molecule has 1 aromatic rings. The summed E-state index contributed by atoms with van der Waals surface area (Å²) in [5.41, 5.74) is 1.01. The molecular weight excluding hydrogens is 248 g/mol. The lowest BCUT2D eigenvalue weighted by Gasteiger charge is -2.26. The molecule has 0 radical (unpaired) electrons. The Bertz CT molecular complexity index is 396. The Morgan fingerprint density at radius 1 is 1.50 bits per heavy atom. The van der Waals surface area contributed by atoms with Crippen molar-refractivity contribution >= 4 is 22.4 Å². The number of rotatable bonds is 5. The van der Waals surface area contributed by atoms with Crippen LogP contribution in [0.4, 0.5) is 5.13 Å². The van der Waals surface area contributed by atoms with Crippen molar-refractivity contribution in [3.8, 4) is 0 Å². The Balaban J connectivity index is 2.60. The number of thiazole rings is 1. The molecule has 0 N–H and O–H groups in total. The fourth-order valence-electron chi connectivity index (χ4n) is 1.69. The van der Waals surface area contributed by atoms with E-state index in [9.17, 15) is 4.79 Å². The van der Waals surface area contributed by atoms with Crippen molar-refractivity contribution in [2.24, 2.45) is 5.41 Å². The van der Waals surface area contributed by atoms with E-state index in [1.54, 1.807) is 11.3 Å². The van der Waals surface area contributed by atoms with Crippen molar-refractivity contribution in [2.75, 3.05) is 25.1 Å². The average molecular weight is 270 g/mol. The molecule has 0 bridgehead atoms. The van der Waals surface area contributed by atoms with Crippen LogP contribution in [-0.4, -0.2) is 31.2 Å².